The Morgan fingerprint density at radius 1 is 0.789 bits per heavy atom. The lowest BCUT2D eigenvalue weighted by Crippen LogP contribution is -2.69. The van der Waals surface area contributed by atoms with Crippen molar-refractivity contribution < 1.29 is 33.1 Å². The quantitative estimate of drug-likeness (QED) is 0.320. The van der Waals surface area contributed by atoms with E-state index in [1.165, 1.54) is 7.11 Å². The summed E-state index contributed by atoms with van der Waals surface area (Å²) in [6.07, 6.45) is -0.0913. The smallest absolute Gasteiger partial charge is 0.328 e. The number of benzene rings is 3. The lowest BCUT2D eigenvalue weighted by atomic mass is 9.95. The van der Waals surface area contributed by atoms with E-state index in [0.717, 1.165) is 11.1 Å². The predicted molar refractivity (Wildman–Crippen MR) is 133 cm³/mol. The summed E-state index contributed by atoms with van der Waals surface area (Å²) < 4.78 is 22.1. The Hall–Kier alpha value is -5.03. The van der Waals surface area contributed by atoms with Gasteiger partial charge in [0.1, 0.15) is 17.2 Å². The highest BCUT2D eigenvalue weighted by atomic mass is 16.5. The molecule has 1 aliphatic heterocycles. The van der Waals surface area contributed by atoms with Gasteiger partial charge in [-0.25, -0.2) is 4.79 Å². The van der Waals surface area contributed by atoms with E-state index in [1.807, 2.05) is 30.3 Å². The number of amides is 4. The largest absolute Gasteiger partial charge is 0.467 e. The summed E-state index contributed by atoms with van der Waals surface area (Å²) in [6.45, 7) is 0.0589. The van der Waals surface area contributed by atoms with Crippen molar-refractivity contribution in [1.82, 2.24) is 20.8 Å². The first-order chi connectivity index (χ1) is 18.5. The van der Waals surface area contributed by atoms with E-state index in [2.05, 4.69) is 20.8 Å². The molecule has 1 fully saturated rings. The van der Waals surface area contributed by atoms with E-state index in [9.17, 15) is 14.4 Å². The van der Waals surface area contributed by atoms with E-state index >= 15 is 0 Å². The molecule has 1 aromatic heterocycles. The molecule has 4 aromatic rings. The van der Waals surface area contributed by atoms with Crippen LogP contribution in [0, 0.1) is 0 Å². The van der Waals surface area contributed by atoms with Gasteiger partial charge >= 0.3 is 6.03 Å². The number of methoxy groups -OCH3 is 1. The van der Waals surface area contributed by atoms with E-state index in [1.54, 1.807) is 48.5 Å². The van der Waals surface area contributed by atoms with E-state index in [4.69, 9.17) is 18.7 Å². The molecule has 0 unspecified atom stereocenters. The maximum Gasteiger partial charge on any atom is 0.328 e. The molecule has 0 radical (unpaired) electrons. The highest BCUT2D eigenvalue weighted by Gasteiger charge is 2.52. The van der Waals surface area contributed by atoms with Gasteiger partial charge in [0.2, 0.25) is 5.82 Å². The lowest BCUT2D eigenvalue weighted by Gasteiger charge is -2.34. The fourth-order valence-electron chi connectivity index (χ4n) is 3.78. The highest BCUT2D eigenvalue weighted by Crippen LogP contribution is 2.30. The zero-order chi connectivity index (χ0) is 26.5. The van der Waals surface area contributed by atoms with Crippen LogP contribution in [0.4, 0.5) is 4.79 Å². The number of hydrogen-bond donors (Lipinski definition) is 2. The minimum Gasteiger partial charge on any atom is -0.467 e. The zero-order valence-electron chi connectivity index (χ0n) is 20.2. The van der Waals surface area contributed by atoms with Gasteiger partial charge in [-0.05, 0) is 48.5 Å². The van der Waals surface area contributed by atoms with Crippen molar-refractivity contribution in [3.8, 4) is 40.1 Å². The van der Waals surface area contributed by atoms with Crippen LogP contribution in [-0.2, 0) is 14.3 Å². The molecule has 38 heavy (non-hydrogen) atoms. The predicted octanol–water partition coefficient (Wildman–Crippen LogP) is 3.72. The van der Waals surface area contributed by atoms with Gasteiger partial charge in [0.05, 0.1) is 6.61 Å². The number of rotatable bonds is 9. The summed E-state index contributed by atoms with van der Waals surface area (Å²) >= 11 is 0. The number of hydrogen-bond acceptors (Lipinski definition) is 9. The molecule has 0 bridgehead atoms. The van der Waals surface area contributed by atoms with E-state index < -0.39 is 23.4 Å². The van der Waals surface area contributed by atoms with Crippen LogP contribution in [0.2, 0.25) is 0 Å². The average molecular weight is 514 g/mol. The van der Waals surface area contributed by atoms with Gasteiger partial charge in [-0.2, -0.15) is 4.98 Å². The molecular weight excluding hydrogens is 492 g/mol. The molecule has 0 saturated carbocycles. The van der Waals surface area contributed by atoms with Gasteiger partial charge in [0, 0.05) is 24.7 Å². The molecule has 3 aromatic carbocycles. The molecule has 192 valence electrons. The zero-order valence-corrected chi connectivity index (χ0v) is 20.2. The van der Waals surface area contributed by atoms with Gasteiger partial charge in [0.25, 0.3) is 23.3 Å². The number of imide groups is 2. The molecule has 0 spiro atoms. The van der Waals surface area contributed by atoms with Crippen LogP contribution >= 0.6 is 0 Å². The van der Waals surface area contributed by atoms with Crippen LogP contribution in [-0.4, -0.2) is 47.3 Å². The average Bonchev–Trinajstić information content (AvgIpc) is 3.42. The van der Waals surface area contributed by atoms with Gasteiger partial charge in [-0.15, -0.1) is 0 Å². The summed E-state index contributed by atoms with van der Waals surface area (Å²) in [5.41, 5.74) is -0.352. The maximum absolute atomic E-state index is 12.5. The summed E-state index contributed by atoms with van der Waals surface area (Å²) in [5, 5.41) is 8.17. The molecule has 11 heteroatoms. The van der Waals surface area contributed by atoms with Crippen molar-refractivity contribution in [2.24, 2.45) is 0 Å². The van der Waals surface area contributed by atoms with Crippen molar-refractivity contribution in [3.63, 3.8) is 0 Å². The lowest BCUT2D eigenvalue weighted by molar-refractivity contribution is -0.153. The molecular formula is C27H22N4O7. The van der Waals surface area contributed by atoms with Crippen LogP contribution in [0.25, 0.3) is 22.8 Å². The van der Waals surface area contributed by atoms with Crippen molar-refractivity contribution in [3.05, 3.63) is 78.9 Å². The first-order valence-corrected chi connectivity index (χ1v) is 11.6. The molecule has 0 atom stereocenters. The van der Waals surface area contributed by atoms with Crippen LogP contribution in [0.15, 0.2) is 83.4 Å². The second-order valence-corrected chi connectivity index (χ2v) is 8.30. The summed E-state index contributed by atoms with van der Waals surface area (Å²) in [5.74, 6) is 0.453. The third kappa shape index (κ3) is 5.08. The van der Waals surface area contributed by atoms with Gasteiger partial charge in [-0.1, -0.05) is 35.5 Å². The Labute approximate surface area is 216 Å². The Balaban J connectivity index is 1.26. The number of ether oxygens (including phenoxy) is 3. The monoisotopic (exact) mass is 514 g/mol. The molecule has 5 rings (SSSR count). The minimum absolute atomic E-state index is 0.0589. The SMILES string of the molecule is COCCC1(Oc2ccc(Oc3ccc(-c4nc(-c5ccccc5)no4)cc3)cc2)C(=O)NC(=O)NC1=O. The summed E-state index contributed by atoms with van der Waals surface area (Å²) in [4.78, 5) is 41.0. The second-order valence-electron chi connectivity index (χ2n) is 8.30. The Morgan fingerprint density at radius 3 is 2.03 bits per heavy atom. The second kappa shape index (κ2) is 10.5. The Morgan fingerprint density at radius 2 is 1.39 bits per heavy atom. The molecule has 4 amide bonds. The topological polar surface area (TPSA) is 142 Å². The number of barbiturate groups is 1. The van der Waals surface area contributed by atoms with Gasteiger partial charge in [0.15, 0.2) is 0 Å². The van der Waals surface area contributed by atoms with Crippen molar-refractivity contribution in [2.75, 3.05) is 13.7 Å². The summed E-state index contributed by atoms with van der Waals surface area (Å²) in [7, 11) is 1.43. The van der Waals surface area contributed by atoms with Crippen molar-refractivity contribution in [2.45, 2.75) is 12.0 Å². The third-order valence-electron chi connectivity index (χ3n) is 5.76. The number of urea groups is 1. The van der Waals surface area contributed by atoms with Crippen LogP contribution < -0.4 is 20.1 Å². The normalized spacial score (nSPS) is 14.5. The van der Waals surface area contributed by atoms with Gasteiger partial charge in [-0.3, -0.25) is 20.2 Å². The molecule has 1 aliphatic rings. The number of carbonyl (C=O) groups excluding carboxylic acids is 3. The Kier molecular flexibility index (Phi) is 6.83. The number of aromatic nitrogens is 2. The molecule has 0 aliphatic carbocycles. The van der Waals surface area contributed by atoms with E-state index in [-0.39, 0.29) is 18.8 Å². The van der Waals surface area contributed by atoms with E-state index in [0.29, 0.717) is 23.2 Å². The standard InChI is InChI=1S/C27H22N4O7/c1-35-16-15-27(24(32)29-26(34)30-25(27)33)37-21-13-11-20(12-14-21)36-19-9-7-18(8-10-19)23-28-22(31-38-23)17-5-3-2-4-6-17/h2-14H,15-16H2,1H3,(H2,29,30,32,33,34). The molecule has 2 N–H and O–H groups in total. The first-order valence-electron chi connectivity index (χ1n) is 11.6. The fourth-order valence-corrected chi connectivity index (χ4v) is 3.78. The third-order valence-corrected chi connectivity index (χ3v) is 5.76. The number of carbonyl (C=O) groups is 3. The van der Waals surface area contributed by atoms with Crippen LogP contribution in [0.5, 0.6) is 17.2 Å². The minimum atomic E-state index is -1.95. The highest BCUT2D eigenvalue weighted by molar-refractivity contribution is 6.21. The number of nitrogens with zero attached hydrogens (tertiary/aromatic N) is 2. The summed E-state index contributed by atoms with van der Waals surface area (Å²) in [6, 6.07) is 22.1. The van der Waals surface area contributed by atoms with Crippen molar-refractivity contribution in [1.29, 1.82) is 0 Å². The fraction of sp³-hybridized carbons (Fsp3) is 0.148. The maximum atomic E-state index is 12.5. The Bertz CT molecular complexity index is 1430. The van der Waals surface area contributed by atoms with Crippen LogP contribution in [0.3, 0.4) is 0 Å². The first kappa shape index (κ1) is 24.7. The van der Waals surface area contributed by atoms with Gasteiger partial charge < -0.3 is 18.7 Å². The number of nitrogens with one attached hydrogen (secondary N) is 2. The molecule has 2 heterocycles. The van der Waals surface area contributed by atoms with Crippen molar-refractivity contribution >= 4 is 17.8 Å². The molecule has 1 saturated heterocycles. The van der Waals surface area contributed by atoms with Crippen LogP contribution in [0.1, 0.15) is 6.42 Å². The molecule has 11 nitrogen and oxygen atoms in total.